The first-order chi connectivity index (χ1) is 10.1. The van der Waals surface area contributed by atoms with Crippen molar-refractivity contribution in [1.29, 1.82) is 0 Å². The van der Waals surface area contributed by atoms with Gasteiger partial charge in [0.2, 0.25) is 5.91 Å². The third-order valence-corrected chi connectivity index (χ3v) is 3.80. The number of benzene rings is 1. The Labute approximate surface area is 126 Å². The van der Waals surface area contributed by atoms with E-state index < -0.39 is 0 Å². The monoisotopic (exact) mass is 291 g/mol. The molecular formula is C16H25N3O2. The molecule has 1 saturated heterocycles. The number of nitrogens with two attached hydrogens (primary N) is 1. The number of rotatable bonds is 5. The lowest BCUT2D eigenvalue weighted by molar-refractivity contribution is -0.118. The van der Waals surface area contributed by atoms with E-state index in [1.807, 2.05) is 26.0 Å². The molecule has 3 N–H and O–H groups in total. The second-order valence-electron chi connectivity index (χ2n) is 5.54. The zero-order valence-corrected chi connectivity index (χ0v) is 12.9. The summed E-state index contributed by atoms with van der Waals surface area (Å²) in [4.78, 5) is 14.3. The van der Waals surface area contributed by atoms with Crippen molar-refractivity contribution in [2.45, 2.75) is 32.8 Å². The fourth-order valence-electron chi connectivity index (χ4n) is 2.77. The van der Waals surface area contributed by atoms with Crippen LogP contribution in [0, 0.1) is 6.92 Å². The summed E-state index contributed by atoms with van der Waals surface area (Å²) in [6.45, 7) is 6.83. The Hall–Kier alpha value is -1.59. The van der Waals surface area contributed by atoms with Crippen LogP contribution in [0.4, 0.5) is 11.4 Å². The van der Waals surface area contributed by atoms with E-state index >= 15 is 0 Å². The average molecular weight is 291 g/mol. The van der Waals surface area contributed by atoms with Gasteiger partial charge >= 0.3 is 0 Å². The van der Waals surface area contributed by atoms with Gasteiger partial charge in [0.05, 0.1) is 24.0 Å². The topological polar surface area (TPSA) is 67.6 Å². The largest absolute Gasteiger partial charge is 0.397 e. The summed E-state index contributed by atoms with van der Waals surface area (Å²) >= 11 is 0. The highest BCUT2D eigenvalue weighted by atomic mass is 16.5. The summed E-state index contributed by atoms with van der Waals surface area (Å²) in [6, 6.07) is 5.63. The lowest BCUT2D eigenvalue weighted by Gasteiger charge is -2.31. The number of anilines is 2. The van der Waals surface area contributed by atoms with Gasteiger partial charge in [-0.25, -0.2) is 0 Å². The summed E-state index contributed by atoms with van der Waals surface area (Å²) in [5.41, 5.74) is 8.23. The van der Waals surface area contributed by atoms with Crippen molar-refractivity contribution >= 4 is 17.3 Å². The van der Waals surface area contributed by atoms with E-state index in [0.717, 1.165) is 43.8 Å². The van der Waals surface area contributed by atoms with E-state index in [9.17, 15) is 4.79 Å². The molecule has 0 bridgehead atoms. The van der Waals surface area contributed by atoms with Crippen LogP contribution in [0.3, 0.4) is 0 Å². The smallest absolute Gasteiger partial charge is 0.238 e. The number of hydrogen-bond acceptors (Lipinski definition) is 4. The molecule has 1 aromatic rings. The second kappa shape index (κ2) is 7.43. The van der Waals surface area contributed by atoms with Gasteiger partial charge in [0.25, 0.3) is 0 Å². The fraction of sp³-hybridized carbons (Fsp3) is 0.562. The van der Waals surface area contributed by atoms with Crippen molar-refractivity contribution in [1.82, 2.24) is 4.90 Å². The summed E-state index contributed by atoms with van der Waals surface area (Å²) < 4.78 is 5.66. The van der Waals surface area contributed by atoms with Crippen LogP contribution < -0.4 is 11.1 Å². The van der Waals surface area contributed by atoms with E-state index in [1.165, 1.54) is 0 Å². The van der Waals surface area contributed by atoms with Gasteiger partial charge in [-0.3, -0.25) is 9.69 Å². The number of para-hydroxylation sites is 1. The molecule has 2 rings (SSSR count). The number of ether oxygens (including phenoxy) is 1. The minimum atomic E-state index is -0.0202. The molecule has 1 aliphatic rings. The predicted octanol–water partition coefficient (Wildman–Crippen LogP) is 2.02. The standard InChI is InChI=1S/C16H25N3O2/c1-3-21-13-7-5-9-19(10-13)11-15(20)18-16-12(2)6-4-8-14(16)17/h4,6,8,13H,3,5,7,9-11,17H2,1-2H3,(H,18,20). The van der Waals surface area contributed by atoms with E-state index in [1.54, 1.807) is 6.07 Å². The second-order valence-corrected chi connectivity index (χ2v) is 5.54. The minimum absolute atomic E-state index is 0.0202. The molecule has 116 valence electrons. The first kappa shape index (κ1) is 15.8. The van der Waals surface area contributed by atoms with Gasteiger partial charge in [-0.15, -0.1) is 0 Å². The van der Waals surface area contributed by atoms with Crippen LogP contribution in [-0.2, 0) is 9.53 Å². The van der Waals surface area contributed by atoms with Crippen LogP contribution >= 0.6 is 0 Å². The maximum Gasteiger partial charge on any atom is 0.238 e. The lowest BCUT2D eigenvalue weighted by Crippen LogP contribution is -2.43. The maximum absolute atomic E-state index is 12.2. The quantitative estimate of drug-likeness (QED) is 0.814. The van der Waals surface area contributed by atoms with Gasteiger partial charge < -0.3 is 15.8 Å². The van der Waals surface area contributed by atoms with Crippen LogP contribution in [0.25, 0.3) is 0 Å². The first-order valence-corrected chi connectivity index (χ1v) is 7.59. The minimum Gasteiger partial charge on any atom is -0.397 e. The molecule has 0 radical (unpaired) electrons. The number of carbonyl (C=O) groups is 1. The summed E-state index contributed by atoms with van der Waals surface area (Å²) in [5.74, 6) is -0.0202. The molecule has 1 fully saturated rings. The molecule has 1 atom stereocenters. The Morgan fingerprint density at radius 1 is 1.52 bits per heavy atom. The average Bonchev–Trinajstić information content (AvgIpc) is 2.44. The van der Waals surface area contributed by atoms with Crippen LogP contribution in [0.5, 0.6) is 0 Å². The Kier molecular flexibility index (Phi) is 5.59. The summed E-state index contributed by atoms with van der Waals surface area (Å²) in [7, 11) is 0. The molecule has 0 saturated carbocycles. The number of aryl methyl sites for hydroxylation is 1. The molecule has 0 aliphatic carbocycles. The number of likely N-dealkylation sites (tertiary alicyclic amines) is 1. The molecular weight excluding hydrogens is 266 g/mol. The van der Waals surface area contributed by atoms with Gasteiger partial charge in [-0.2, -0.15) is 0 Å². The molecule has 0 spiro atoms. The van der Waals surface area contributed by atoms with E-state index in [4.69, 9.17) is 10.5 Å². The summed E-state index contributed by atoms with van der Waals surface area (Å²) in [6.07, 6.45) is 2.40. The number of nitrogens with one attached hydrogen (secondary N) is 1. The zero-order chi connectivity index (χ0) is 15.2. The summed E-state index contributed by atoms with van der Waals surface area (Å²) in [5, 5.41) is 2.93. The molecule has 1 aromatic carbocycles. The number of amides is 1. The van der Waals surface area contributed by atoms with Crippen molar-refractivity contribution in [3.8, 4) is 0 Å². The fourth-order valence-corrected chi connectivity index (χ4v) is 2.77. The maximum atomic E-state index is 12.2. The Bertz CT molecular complexity index is 468. The van der Waals surface area contributed by atoms with Gasteiger partial charge in [0, 0.05) is 13.2 Å². The van der Waals surface area contributed by atoms with Gasteiger partial charge in [0.1, 0.15) is 0 Å². The molecule has 1 amide bonds. The van der Waals surface area contributed by atoms with Gasteiger partial charge in [0.15, 0.2) is 0 Å². The number of hydrogen-bond donors (Lipinski definition) is 2. The molecule has 5 nitrogen and oxygen atoms in total. The highest BCUT2D eigenvalue weighted by Gasteiger charge is 2.22. The van der Waals surface area contributed by atoms with Crippen LogP contribution in [-0.4, -0.2) is 43.2 Å². The third-order valence-electron chi connectivity index (χ3n) is 3.80. The van der Waals surface area contributed by atoms with Crippen molar-refractivity contribution in [3.63, 3.8) is 0 Å². The normalized spacial score (nSPS) is 19.4. The number of piperidine rings is 1. The number of nitrogens with zero attached hydrogens (tertiary/aromatic N) is 1. The highest BCUT2D eigenvalue weighted by molar-refractivity contribution is 5.96. The van der Waals surface area contributed by atoms with Crippen molar-refractivity contribution in [2.24, 2.45) is 0 Å². The number of nitrogen functional groups attached to an aromatic ring is 1. The van der Waals surface area contributed by atoms with Crippen molar-refractivity contribution in [2.75, 3.05) is 37.3 Å². The van der Waals surface area contributed by atoms with Crippen LogP contribution in [0.2, 0.25) is 0 Å². The molecule has 5 heteroatoms. The first-order valence-electron chi connectivity index (χ1n) is 7.59. The van der Waals surface area contributed by atoms with Crippen LogP contribution in [0.1, 0.15) is 25.3 Å². The van der Waals surface area contributed by atoms with E-state index in [2.05, 4.69) is 10.2 Å². The molecule has 1 heterocycles. The molecule has 1 aliphatic heterocycles. The molecule has 1 unspecified atom stereocenters. The predicted molar refractivity (Wildman–Crippen MR) is 85.3 cm³/mol. The van der Waals surface area contributed by atoms with E-state index in [0.29, 0.717) is 12.2 Å². The molecule has 0 aromatic heterocycles. The third kappa shape index (κ3) is 4.44. The SMILES string of the molecule is CCOC1CCCN(CC(=O)Nc2c(C)cccc2N)C1. The Morgan fingerprint density at radius 2 is 2.33 bits per heavy atom. The van der Waals surface area contributed by atoms with Crippen molar-refractivity contribution in [3.05, 3.63) is 23.8 Å². The lowest BCUT2D eigenvalue weighted by atomic mass is 10.1. The Balaban J connectivity index is 1.89. The van der Waals surface area contributed by atoms with Crippen LogP contribution in [0.15, 0.2) is 18.2 Å². The zero-order valence-electron chi connectivity index (χ0n) is 12.9. The number of carbonyl (C=O) groups excluding carboxylic acids is 1. The van der Waals surface area contributed by atoms with Gasteiger partial charge in [-0.05, 0) is 44.9 Å². The Morgan fingerprint density at radius 3 is 3.05 bits per heavy atom. The van der Waals surface area contributed by atoms with Gasteiger partial charge in [-0.1, -0.05) is 12.1 Å². The van der Waals surface area contributed by atoms with E-state index in [-0.39, 0.29) is 12.0 Å². The molecule has 21 heavy (non-hydrogen) atoms. The van der Waals surface area contributed by atoms with Crippen molar-refractivity contribution < 1.29 is 9.53 Å². The highest BCUT2D eigenvalue weighted by Crippen LogP contribution is 2.22.